The first-order valence-electron chi connectivity index (χ1n) is 5.88. The molecule has 0 radical (unpaired) electrons. The minimum absolute atomic E-state index is 0.341. The van der Waals surface area contributed by atoms with Crippen LogP contribution in [-0.4, -0.2) is 34.2 Å². The summed E-state index contributed by atoms with van der Waals surface area (Å²) in [6.45, 7) is 5.44. The van der Waals surface area contributed by atoms with Crippen molar-refractivity contribution in [3.63, 3.8) is 0 Å². The molecule has 1 rings (SSSR count). The molecule has 0 saturated heterocycles. The van der Waals surface area contributed by atoms with E-state index in [-0.39, 0.29) is 6.10 Å². The molecule has 1 aromatic rings. The molecule has 1 atom stereocenters. The molecule has 0 aliphatic heterocycles. The van der Waals surface area contributed by atoms with Gasteiger partial charge in [0.15, 0.2) is 0 Å². The maximum atomic E-state index is 9.81. The van der Waals surface area contributed by atoms with E-state index < -0.39 is 0 Å². The van der Waals surface area contributed by atoms with Gasteiger partial charge in [-0.25, -0.2) is 0 Å². The van der Waals surface area contributed by atoms with Crippen LogP contribution in [0.25, 0.3) is 0 Å². The number of aryl methyl sites for hydroxylation is 2. The second-order valence-corrected chi connectivity index (χ2v) is 4.16. The molecule has 1 N–H and O–H groups in total. The van der Waals surface area contributed by atoms with E-state index in [1.807, 2.05) is 24.7 Å². The molecule has 92 valence electrons. The zero-order chi connectivity index (χ0) is 12.0. The third-order valence-corrected chi connectivity index (χ3v) is 2.49. The maximum absolute atomic E-state index is 9.81. The Morgan fingerprint density at radius 3 is 2.81 bits per heavy atom. The normalized spacial score (nSPS) is 13.0. The molecule has 0 aliphatic carbocycles. The summed E-state index contributed by atoms with van der Waals surface area (Å²) < 4.78 is 7.17. The number of hydrogen-bond acceptors (Lipinski definition) is 3. The van der Waals surface area contributed by atoms with Crippen LogP contribution in [0.5, 0.6) is 0 Å². The van der Waals surface area contributed by atoms with E-state index in [2.05, 4.69) is 12.0 Å². The molecule has 0 aliphatic rings. The Kier molecular flexibility index (Phi) is 5.49. The lowest BCUT2D eigenvalue weighted by molar-refractivity contribution is 0.0816. The van der Waals surface area contributed by atoms with E-state index in [0.29, 0.717) is 19.4 Å². The van der Waals surface area contributed by atoms with Crippen LogP contribution >= 0.6 is 0 Å². The Morgan fingerprint density at radius 2 is 2.25 bits per heavy atom. The van der Waals surface area contributed by atoms with Crippen LogP contribution in [0.4, 0.5) is 0 Å². The van der Waals surface area contributed by atoms with Crippen LogP contribution in [0.3, 0.4) is 0 Å². The first-order valence-corrected chi connectivity index (χ1v) is 5.88. The van der Waals surface area contributed by atoms with Crippen LogP contribution in [0.15, 0.2) is 6.07 Å². The fourth-order valence-corrected chi connectivity index (χ4v) is 1.66. The molecule has 1 unspecified atom stereocenters. The van der Waals surface area contributed by atoms with Gasteiger partial charge in [0.2, 0.25) is 0 Å². The summed E-state index contributed by atoms with van der Waals surface area (Å²) in [6, 6.07) is 2.01. The Morgan fingerprint density at radius 1 is 1.50 bits per heavy atom. The molecule has 16 heavy (non-hydrogen) atoms. The Balaban J connectivity index is 2.28. The molecule has 0 saturated carbocycles. The van der Waals surface area contributed by atoms with Crippen molar-refractivity contribution in [3.05, 3.63) is 17.5 Å². The zero-order valence-corrected chi connectivity index (χ0v) is 10.4. The second-order valence-electron chi connectivity index (χ2n) is 4.16. The van der Waals surface area contributed by atoms with Crippen LogP contribution in [0, 0.1) is 6.92 Å². The molecule has 0 spiro atoms. The highest BCUT2D eigenvalue weighted by Gasteiger charge is 2.09. The van der Waals surface area contributed by atoms with Gasteiger partial charge in [0.1, 0.15) is 0 Å². The van der Waals surface area contributed by atoms with E-state index in [1.54, 1.807) is 0 Å². The van der Waals surface area contributed by atoms with Gasteiger partial charge in [0.05, 0.1) is 11.8 Å². The quantitative estimate of drug-likeness (QED) is 0.716. The number of nitrogens with zero attached hydrogens (tertiary/aromatic N) is 2. The van der Waals surface area contributed by atoms with Gasteiger partial charge in [-0.05, 0) is 25.8 Å². The number of hydrogen-bond donors (Lipinski definition) is 1. The molecule has 4 nitrogen and oxygen atoms in total. The summed E-state index contributed by atoms with van der Waals surface area (Å²) in [5, 5.41) is 14.1. The Labute approximate surface area is 97.2 Å². The third kappa shape index (κ3) is 4.33. The second kappa shape index (κ2) is 6.66. The van der Waals surface area contributed by atoms with Gasteiger partial charge in [-0.2, -0.15) is 5.10 Å². The number of aromatic nitrogens is 2. The SMILES string of the molecule is CCCOCCC(O)Cc1cc(C)nn1C. The van der Waals surface area contributed by atoms with Gasteiger partial charge < -0.3 is 9.84 Å². The van der Waals surface area contributed by atoms with Crippen molar-refractivity contribution in [2.24, 2.45) is 7.05 Å². The summed E-state index contributed by atoms with van der Waals surface area (Å²) in [6.07, 6.45) is 2.01. The van der Waals surface area contributed by atoms with Gasteiger partial charge in [0.25, 0.3) is 0 Å². The van der Waals surface area contributed by atoms with Crippen LogP contribution < -0.4 is 0 Å². The van der Waals surface area contributed by atoms with Crippen molar-refractivity contribution in [1.29, 1.82) is 0 Å². The molecule has 0 fully saturated rings. The minimum atomic E-state index is -0.341. The Hall–Kier alpha value is -0.870. The first-order chi connectivity index (χ1) is 7.63. The fraction of sp³-hybridized carbons (Fsp3) is 0.750. The molecular weight excluding hydrogens is 204 g/mol. The molecule has 0 bridgehead atoms. The fourth-order valence-electron chi connectivity index (χ4n) is 1.66. The van der Waals surface area contributed by atoms with E-state index >= 15 is 0 Å². The largest absolute Gasteiger partial charge is 0.393 e. The van der Waals surface area contributed by atoms with Crippen LogP contribution in [0.2, 0.25) is 0 Å². The summed E-state index contributed by atoms with van der Waals surface area (Å²) in [7, 11) is 1.91. The highest BCUT2D eigenvalue weighted by Crippen LogP contribution is 2.07. The lowest BCUT2D eigenvalue weighted by atomic mass is 10.1. The predicted molar refractivity (Wildman–Crippen MR) is 63.4 cm³/mol. The summed E-state index contributed by atoms with van der Waals surface area (Å²) >= 11 is 0. The average Bonchev–Trinajstić information content (AvgIpc) is 2.52. The van der Waals surface area contributed by atoms with Gasteiger partial charge >= 0.3 is 0 Å². The number of aliphatic hydroxyl groups is 1. The predicted octanol–water partition coefficient (Wildman–Crippen LogP) is 1.45. The van der Waals surface area contributed by atoms with Crippen LogP contribution in [-0.2, 0) is 18.2 Å². The molecule has 1 aromatic heterocycles. The lowest BCUT2D eigenvalue weighted by Crippen LogP contribution is -2.16. The molecule has 0 aromatic carbocycles. The molecule has 1 heterocycles. The van der Waals surface area contributed by atoms with E-state index in [1.165, 1.54) is 0 Å². The van der Waals surface area contributed by atoms with Gasteiger partial charge in [-0.3, -0.25) is 4.68 Å². The van der Waals surface area contributed by atoms with Crippen LogP contribution in [0.1, 0.15) is 31.2 Å². The van der Waals surface area contributed by atoms with Crippen molar-refractivity contribution in [1.82, 2.24) is 9.78 Å². The maximum Gasteiger partial charge on any atom is 0.0617 e. The summed E-state index contributed by atoms with van der Waals surface area (Å²) in [5.74, 6) is 0. The monoisotopic (exact) mass is 226 g/mol. The van der Waals surface area contributed by atoms with Crippen molar-refractivity contribution >= 4 is 0 Å². The van der Waals surface area contributed by atoms with E-state index in [9.17, 15) is 5.11 Å². The van der Waals surface area contributed by atoms with Crippen molar-refractivity contribution < 1.29 is 9.84 Å². The standard InChI is InChI=1S/C12H22N2O2/c1-4-6-16-7-5-12(15)9-11-8-10(2)13-14(11)3/h8,12,15H,4-7,9H2,1-3H3. The summed E-state index contributed by atoms with van der Waals surface area (Å²) in [4.78, 5) is 0. The van der Waals surface area contributed by atoms with E-state index in [4.69, 9.17) is 4.74 Å². The third-order valence-electron chi connectivity index (χ3n) is 2.49. The number of ether oxygens (including phenoxy) is 1. The van der Waals surface area contributed by atoms with Gasteiger partial charge in [0, 0.05) is 32.4 Å². The summed E-state index contributed by atoms with van der Waals surface area (Å²) in [5.41, 5.74) is 2.06. The first kappa shape index (κ1) is 13.2. The van der Waals surface area contributed by atoms with Gasteiger partial charge in [-0.15, -0.1) is 0 Å². The topological polar surface area (TPSA) is 47.3 Å². The number of aliphatic hydroxyl groups excluding tert-OH is 1. The van der Waals surface area contributed by atoms with Crippen molar-refractivity contribution in [2.75, 3.05) is 13.2 Å². The van der Waals surface area contributed by atoms with E-state index in [0.717, 1.165) is 24.4 Å². The Bertz CT molecular complexity index is 310. The zero-order valence-electron chi connectivity index (χ0n) is 10.4. The highest BCUT2D eigenvalue weighted by atomic mass is 16.5. The van der Waals surface area contributed by atoms with Gasteiger partial charge in [-0.1, -0.05) is 6.92 Å². The molecule has 4 heteroatoms. The van der Waals surface area contributed by atoms with Crippen molar-refractivity contribution in [2.45, 2.75) is 39.2 Å². The average molecular weight is 226 g/mol. The minimum Gasteiger partial charge on any atom is -0.393 e. The highest BCUT2D eigenvalue weighted by molar-refractivity contribution is 5.09. The lowest BCUT2D eigenvalue weighted by Gasteiger charge is -2.10. The number of rotatable bonds is 7. The van der Waals surface area contributed by atoms with Crippen molar-refractivity contribution in [3.8, 4) is 0 Å². The smallest absolute Gasteiger partial charge is 0.0617 e. The molecular formula is C12H22N2O2. The molecule has 0 amide bonds.